The zero-order valence-corrected chi connectivity index (χ0v) is 54.1. The number of fused-ring (bicyclic) bond motifs is 1. The van der Waals surface area contributed by atoms with Gasteiger partial charge in [-0.2, -0.15) is 0 Å². The van der Waals surface area contributed by atoms with Crippen molar-refractivity contribution in [2.45, 2.75) is 188 Å². The van der Waals surface area contributed by atoms with Gasteiger partial charge in [-0.3, -0.25) is 38.4 Å². The number of nitrogens with zero attached hydrogens (tertiary/aromatic N) is 5. The molecule has 472 valence electrons. The summed E-state index contributed by atoms with van der Waals surface area (Å²) >= 11 is 6.21. The Morgan fingerprint density at radius 1 is 0.581 bits per heavy atom. The van der Waals surface area contributed by atoms with Gasteiger partial charge in [0.2, 0.25) is 41.4 Å². The number of hydrogen-bond acceptors (Lipinski definition) is 11. The molecule has 4 N–H and O–H groups in total. The Hall–Kier alpha value is -6.86. The van der Waals surface area contributed by atoms with Crippen molar-refractivity contribution < 1.29 is 53.0 Å². The number of amides is 8. The highest BCUT2D eigenvalue weighted by Gasteiger charge is 2.48. The number of ether oxygens (including phenoxy) is 1. The van der Waals surface area contributed by atoms with Crippen molar-refractivity contribution in [1.82, 2.24) is 40.4 Å². The summed E-state index contributed by atoms with van der Waals surface area (Å²) in [6, 6.07) is 13.6. The highest BCUT2D eigenvalue weighted by molar-refractivity contribution is 6.30. The first kappa shape index (κ1) is 69.9. The van der Waals surface area contributed by atoms with Gasteiger partial charge in [-0.25, -0.2) is 4.79 Å². The molecule has 19 nitrogen and oxygen atoms in total. The minimum absolute atomic E-state index is 0.00838. The summed E-state index contributed by atoms with van der Waals surface area (Å²) in [5.74, 6) is -8.85. The van der Waals surface area contributed by atoms with Gasteiger partial charge < -0.3 is 50.3 Å². The number of carbonyl (C=O) groups is 9. The first-order valence-electron chi connectivity index (χ1n) is 30.4. The Labute approximate surface area is 514 Å². The molecule has 0 spiro atoms. The molecular weight excluding hydrogens is 1120 g/mol. The minimum Gasteiger partial charge on any atom is -0.450 e. The Bertz CT molecular complexity index is 2840. The number of rotatable bonds is 14. The molecule has 5 rings (SSSR count). The van der Waals surface area contributed by atoms with E-state index in [2.05, 4.69) is 16.0 Å². The Morgan fingerprint density at radius 2 is 1.08 bits per heavy atom. The number of carbonyl (C=O) groups excluding carboxylic acids is 9. The average Bonchev–Trinajstić information content (AvgIpc) is 1.73. The molecule has 0 saturated carbocycles. The van der Waals surface area contributed by atoms with Crippen LogP contribution in [0.4, 0.5) is 0 Å². The number of halogens is 1. The predicted molar refractivity (Wildman–Crippen MR) is 332 cm³/mol. The smallest absolute Gasteiger partial charge is 0.332 e. The highest BCUT2D eigenvalue weighted by Crippen LogP contribution is 2.29. The van der Waals surface area contributed by atoms with E-state index < -0.39 is 137 Å². The predicted octanol–water partition coefficient (Wildman–Crippen LogP) is 6.69. The summed E-state index contributed by atoms with van der Waals surface area (Å²) in [5.41, 5.74) is 1.16. The Kier molecular flexibility index (Phi) is 24.9. The van der Waals surface area contributed by atoms with E-state index in [1.165, 1.54) is 61.6 Å². The summed E-state index contributed by atoms with van der Waals surface area (Å²) in [4.78, 5) is 142. The normalized spacial score (nSPS) is 25.3. The number of aliphatic hydroxyl groups is 1. The van der Waals surface area contributed by atoms with E-state index in [0.29, 0.717) is 35.4 Å². The van der Waals surface area contributed by atoms with Gasteiger partial charge in [0, 0.05) is 58.5 Å². The number of benzene rings is 3. The lowest BCUT2D eigenvalue weighted by molar-refractivity contribution is -0.177. The molecule has 0 bridgehead atoms. The summed E-state index contributed by atoms with van der Waals surface area (Å²) in [6.45, 7) is 20.6. The largest absolute Gasteiger partial charge is 0.450 e. The maximum atomic E-state index is 15.6. The number of nitrogens with one attached hydrogen (secondary N) is 3. The summed E-state index contributed by atoms with van der Waals surface area (Å²) in [7, 11) is 5.66. The number of cyclic esters (lactones) is 1. The van der Waals surface area contributed by atoms with Crippen LogP contribution in [0.15, 0.2) is 78.9 Å². The van der Waals surface area contributed by atoms with Gasteiger partial charge in [0.1, 0.15) is 42.3 Å². The molecule has 20 heteroatoms. The molecule has 8 amide bonds. The van der Waals surface area contributed by atoms with Crippen molar-refractivity contribution in [3.63, 3.8) is 0 Å². The third-order valence-corrected chi connectivity index (χ3v) is 17.4. The molecule has 3 aromatic carbocycles. The zero-order valence-electron chi connectivity index (χ0n) is 53.4. The fourth-order valence-electron chi connectivity index (χ4n) is 11.8. The van der Waals surface area contributed by atoms with Gasteiger partial charge in [-0.1, -0.05) is 154 Å². The van der Waals surface area contributed by atoms with E-state index >= 15 is 19.2 Å². The first-order chi connectivity index (χ1) is 40.3. The maximum Gasteiger partial charge on any atom is 0.332 e. The summed E-state index contributed by atoms with van der Waals surface area (Å²) in [5, 5.41) is 21.1. The van der Waals surface area contributed by atoms with Crippen LogP contribution < -0.4 is 16.0 Å². The lowest BCUT2D eigenvalue weighted by Gasteiger charge is -2.39. The minimum atomic E-state index is -1.98. The van der Waals surface area contributed by atoms with Crippen LogP contribution in [0.1, 0.15) is 126 Å². The lowest BCUT2D eigenvalue weighted by atomic mass is 9.93. The first-order valence-corrected chi connectivity index (χ1v) is 30.8. The second-order valence-electron chi connectivity index (χ2n) is 25.4. The van der Waals surface area contributed by atoms with Gasteiger partial charge in [0.25, 0.3) is 5.91 Å². The molecule has 2 fully saturated rings. The van der Waals surface area contributed by atoms with Crippen LogP contribution >= 0.6 is 11.6 Å². The van der Waals surface area contributed by atoms with Gasteiger partial charge in [0.15, 0.2) is 12.1 Å². The molecular formula is C66H95ClN8O11. The molecule has 0 radical (unpaired) electrons. The van der Waals surface area contributed by atoms with Gasteiger partial charge >= 0.3 is 5.97 Å². The second kappa shape index (κ2) is 30.7. The molecule has 11 atom stereocenters. The van der Waals surface area contributed by atoms with Gasteiger partial charge in [0.05, 0.1) is 5.60 Å². The molecule has 2 aliphatic heterocycles. The summed E-state index contributed by atoms with van der Waals surface area (Å²) in [6.07, 6.45) is -0.0743. The third-order valence-electron chi connectivity index (χ3n) is 17.1. The van der Waals surface area contributed by atoms with E-state index in [1.54, 1.807) is 84.9 Å². The third kappa shape index (κ3) is 17.2. The van der Waals surface area contributed by atoms with Gasteiger partial charge in [-0.15, -0.1) is 0 Å². The highest BCUT2D eigenvalue weighted by atomic mass is 35.5. The zero-order chi connectivity index (χ0) is 64.2. The van der Waals surface area contributed by atoms with Crippen LogP contribution in [-0.4, -0.2) is 178 Å². The van der Waals surface area contributed by atoms with E-state index in [-0.39, 0.29) is 38.1 Å². The van der Waals surface area contributed by atoms with Crippen LogP contribution in [0.25, 0.3) is 11.1 Å². The quantitative estimate of drug-likeness (QED) is 0.124. The number of hydrogen-bond donors (Lipinski definition) is 4. The molecule has 2 aliphatic rings. The fourth-order valence-corrected chi connectivity index (χ4v) is 12.0. The Morgan fingerprint density at radius 3 is 1.59 bits per heavy atom. The molecule has 86 heavy (non-hydrogen) atoms. The topological polar surface area (TPSA) is 235 Å². The summed E-state index contributed by atoms with van der Waals surface area (Å²) < 4.78 is 6.12. The van der Waals surface area contributed by atoms with Crippen LogP contribution in [0, 0.1) is 29.6 Å². The van der Waals surface area contributed by atoms with Gasteiger partial charge in [-0.05, 0) is 97.6 Å². The molecule has 0 aromatic heterocycles. The standard InChI is InChI=1S/C66H95ClN8O11/c1-17-41(9)52-63(82)72(14)53(39(5)6)58(77)68-48(35-38(3)4)61(80)74(16)56(66(11,12)85)65(84)86-55(42(10)18-2)64(83)73(15)54(40(7)8)59(78)69-49(36-43-23-20-19-21-24-43)60(79)71(13)51(62(81)75-34-22-25-50(75)57(76)70-52)37-44-26-28-45(29-27-44)46-30-32-47(67)33-31-46/h19-21,23-24,26-33,38-42,48-56,85H,17-18,22,25,34-37H2,1-16H3,(H,68,77)(H,69,78)(H,70,76)/t41?,42?,48-,49-,50-,51-,52-,53-,54-,55+,56+/m0/s1. The van der Waals surface area contributed by atoms with Crippen molar-refractivity contribution in [3.8, 4) is 11.1 Å². The van der Waals surface area contributed by atoms with E-state index in [0.717, 1.165) is 16.0 Å². The number of likely N-dealkylation sites (N-methyl/N-ethyl adjacent to an activating group) is 4. The van der Waals surface area contributed by atoms with Crippen LogP contribution in [-0.2, 0) is 60.7 Å². The van der Waals surface area contributed by atoms with Crippen molar-refractivity contribution in [1.29, 1.82) is 0 Å². The lowest BCUT2D eigenvalue weighted by Crippen LogP contribution is -2.63. The molecule has 0 aliphatic carbocycles. The van der Waals surface area contributed by atoms with Crippen LogP contribution in [0.2, 0.25) is 5.02 Å². The van der Waals surface area contributed by atoms with Crippen molar-refractivity contribution >= 4 is 64.8 Å². The monoisotopic (exact) mass is 1210 g/mol. The van der Waals surface area contributed by atoms with E-state index in [4.69, 9.17) is 16.3 Å². The molecule has 2 heterocycles. The van der Waals surface area contributed by atoms with Crippen molar-refractivity contribution in [2.24, 2.45) is 29.6 Å². The average molecular weight is 1210 g/mol. The van der Waals surface area contributed by atoms with E-state index in [9.17, 15) is 29.1 Å². The second-order valence-corrected chi connectivity index (χ2v) is 25.8. The van der Waals surface area contributed by atoms with Crippen LogP contribution in [0.5, 0.6) is 0 Å². The Balaban J connectivity index is 1.71. The molecule has 2 saturated heterocycles. The number of esters is 1. The molecule has 3 aromatic rings. The van der Waals surface area contributed by atoms with E-state index in [1.807, 2.05) is 63.2 Å². The van der Waals surface area contributed by atoms with Crippen molar-refractivity contribution in [3.05, 3.63) is 95.0 Å². The maximum absolute atomic E-state index is 15.6. The fraction of sp³-hybridized carbons (Fsp3) is 0.591. The molecule has 2 unspecified atom stereocenters. The SMILES string of the molecule is CCC(C)[C@@H]1NC(=O)[C@@H]2CCCN2C(=O)[C@H](Cc2ccc(-c3ccc(Cl)cc3)cc2)N(C)C(=O)[C@H](Cc2ccccc2)NC(=O)[C@H](C(C)C)N(C)C(=O)[C@@H](C(C)CC)OC(=O)[C@H](C(C)(C)O)N(C)C(=O)[C@H](CC(C)C)NC(=O)[C@H](C(C)C)N(C)C1=O. The van der Waals surface area contributed by atoms with Crippen LogP contribution in [0.3, 0.4) is 0 Å². The van der Waals surface area contributed by atoms with Crippen molar-refractivity contribution in [2.75, 3.05) is 34.7 Å².